The van der Waals surface area contributed by atoms with Crippen molar-refractivity contribution >= 4 is 17.6 Å². The largest absolute Gasteiger partial charge is 0.338 e. The van der Waals surface area contributed by atoms with Crippen LogP contribution in [0.5, 0.6) is 0 Å². The summed E-state index contributed by atoms with van der Waals surface area (Å²) in [6, 6.07) is 7.52. The van der Waals surface area contributed by atoms with Crippen LogP contribution in [0.15, 0.2) is 35.3 Å². The predicted octanol–water partition coefficient (Wildman–Crippen LogP) is 3.04. The molecule has 31 heavy (non-hydrogen) atoms. The molecule has 3 heterocycles. The first-order valence-electron chi connectivity index (χ1n) is 10.7. The average Bonchev–Trinajstić information content (AvgIpc) is 2.76. The van der Waals surface area contributed by atoms with Crippen molar-refractivity contribution in [3.63, 3.8) is 0 Å². The first-order chi connectivity index (χ1) is 14.9. The van der Waals surface area contributed by atoms with E-state index in [2.05, 4.69) is 50.8 Å². The molecule has 0 bridgehead atoms. The third-order valence-electron chi connectivity index (χ3n) is 5.86. The highest BCUT2D eigenvalue weighted by Gasteiger charge is 2.19. The zero-order chi connectivity index (χ0) is 22.0. The second-order valence-corrected chi connectivity index (χ2v) is 7.99. The van der Waals surface area contributed by atoms with Gasteiger partial charge in [0.05, 0.1) is 11.4 Å². The molecular formula is C23H29N7O. The number of nitrogens with zero attached hydrogens (tertiary/aromatic N) is 5. The predicted molar refractivity (Wildman–Crippen MR) is 124 cm³/mol. The molecule has 1 fully saturated rings. The Morgan fingerprint density at radius 3 is 2.48 bits per heavy atom. The number of anilines is 3. The lowest BCUT2D eigenvalue weighted by Crippen LogP contribution is -2.46. The van der Waals surface area contributed by atoms with E-state index in [9.17, 15) is 4.79 Å². The number of rotatable bonds is 5. The number of likely N-dealkylation sites (N-methyl/N-ethyl adjacent to an activating group) is 1. The molecule has 162 valence electrons. The van der Waals surface area contributed by atoms with E-state index >= 15 is 0 Å². The molecule has 2 N–H and O–H groups in total. The number of aromatic nitrogens is 4. The van der Waals surface area contributed by atoms with Gasteiger partial charge in [-0.2, -0.15) is 0 Å². The Morgan fingerprint density at radius 2 is 1.81 bits per heavy atom. The van der Waals surface area contributed by atoms with E-state index in [-0.39, 0.29) is 5.56 Å². The SMILES string of the molecule is CCN1CCN(c2ncc(-c3cc(=O)[nH]c(Nc4ccc(C)c(C)c4)n3)c(C)n2)CC1. The van der Waals surface area contributed by atoms with E-state index in [0.29, 0.717) is 11.6 Å². The lowest BCUT2D eigenvalue weighted by atomic mass is 10.1. The molecule has 0 atom stereocenters. The Labute approximate surface area is 182 Å². The van der Waals surface area contributed by atoms with Gasteiger partial charge in [0.1, 0.15) is 0 Å². The lowest BCUT2D eigenvalue weighted by Gasteiger charge is -2.34. The fourth-order valence-corrected chi connectivity index (χ4v) is 3.73. The maximum Gasteiger partial charge on any atom is 0.252 e. The van der Waals surface area contributed by atoms with Gasteiger partial charge in [-0.25, -0.2) is 15.0 Å². The topological polar surface area (TPSA) is 90.0 Å². The van der Waals surface area contributed by atoms with Crippen molar-refractivity contribution in [2.45, 2.75) is 27.7 Å². The van der Waals surface area contributed by atoms with Gasteiger partial charge in [-0.15, -0.1) is 0 Å². The van der Waals surface area contributed by atoms with Crippen LogP contribution in [0.2, 0.25) is 0 Å². The van der Waals surface area contributed by atoms with Gasteiger partial charge < -0.3 is 15.1 Å². The summed E-state index contributed by atoms with van der Waals surface area (Å²) in [4.78, 5) is 33.6. The van der Waals surface area contributed by atoms with Gasteiger partial charge in [0.2, 0.25) is 11.9 Å². The fraction of sp³-hybridized carbons (Fsp3) is 0.391. The third kappa shape index (κ3) is 4.74. The zero-order valence-corrected chi connectivity index (χ0v) is 18.6. The van der Waals surface area contributed by atoms with Crippen LogP contribution in [0.1, 0.15) is 23.7 Å². The minimum Gasteiger partial charge on any atom is -0.338 e. The Bertz CT molecular complexity index is 1130. The van der Waals surface area contributed by atoms with E-state index in [4.69, 9.17) is 4.98 Å². The van der Waals surface area contributed by atoms with Gasteiger partial charge in [0.15, 0.2) is 0 Å². The number of piperazine rings is 1. The molecule has 0 radical (unpaired) electrons. The fourth-order valence-electron chi connectivity index (χ4n) is 3.73. The van der Waals surface area contributed by atoms with Crippen LogP contribution >= 0.6 is 0 Å². The highest BCUT2D eigenvalue weighted by molar-refractivity contribution is 5.64. The Hall–Kier alpha value is -3.26. The van der Waals surface area contributed by atoms with E-state index in [1.165, 1.54) is 17.2 Å². The van der Waals surface area contributed by atoms with Crippen molar-refractivity contribution in [2.75, 3.05) is 42.9 Å². The molecule has 3 aromatic rings. The van der Waals surface area contributed by atoms with Gasteiger partial charge >= 0.3 is 0 Å². The maximum atomic E-state index is 12.3. The van der Waals surface area contributed by atoms with Crippen LogP contribution < -0.4 is 15.8 Å². The van der Waals surface area contributed by atoms with E-state index in [0.717, 1.165) is 55.6 Å². The van der Waals surface area contributed by atoms with Crippen LogP contribution in [0, 0.1) is 20.8 Å². The van der Waals surface area contributed by atoms with Gasteiger partial charge in [-0.1, -0.05) is 13.0 Å². The van der Waals surface area contributed by atoms with Crippen molar-refractivity contribution in [3.8, 4) is 11.3 Å². The molecule has 1 aliphatic heterocycles. The molecule has 8 nitrogen and oxygen atoms in total. The highest BCUT2D eigenvalue weighted by Crippen LogP contribution is 2.23. The van der Waals surface area contributed by atoms with Gasteiger partial charge in [0, 0.05) is 49.7 Å². The lowest BCUT2D eigenvalue weighted by molar-refractivity contribution is 0.270. The van der Waals surface area contributed by atoms with Gasteiger partial charge in [-0.3, -0.25) is 9.78 Å². The van der Waals surface area contributed by atoms with E-state index < -0.39 is 0 Å². The number of hydrogen-bond acceptors (Lipinski definition) is 7. The van der Waals surface area contributed by atoms with Crippen molar-refractivity contribution in [3.05, 3.63) is 57.6 Å². The summed E-state index contributed by atoms with van der Waals surface area (Å²) in [6.45, 7) is 13.2. The number of aromatic amines is 1. The summed E-state index contributed by atoms with van der Waals surface area (Å²) in [6.07, 6.45) is 1.77. The van der Waals surface area contributed by atoms with Crippen LogP contribution in [0.25, 0.3) is 11.3 Å². The number of benzene rings is 1. The molecule has 1 aliphatic rings. The highest BCUT2D eigenvalue weighted by atomic mass is 16.1. The summed E-state index contributed by atoms with van der Waals surface area (Å²) >= 11 is 0. The standard InChI is InChI=1S/C23H29N7O/c1-5-29-8-10-30(11-9-29)23-24-14-19(17(4)25-23)20-13-21(31)28-22(27-20)26-18-7-6-15(2)16(3)12-18/h6-7,12-14H,5,8-11H2,1-4H3,(H2,26,27,28,31). The number of aryl methyl sites for hydroxylation is 3. The molecule has 8 heteroatoms. The average molecular weight is 420 g/mol. The molecular weight excluding hydrogens is 390 g/mol. The second-order valence-electron chi connectivity index (χ2n) is 7.99. The smallest absolute Gasteiger partial charge is 0.252 e. The normalized spacial score (nSPS) is 14.6. The van der Waals surface area contributed by atoms with Crippen LogP contribution in [-0.4, -0.2) is 57.6 Å². The zero-order valence-electron chi connectivity index (χ0n) is 18.6. The Morgan fingerprint density at radius 1 is 1.03 bits per heavy atom. The Kier molecular flexibility index (Phi) is 5.99. The molecule has 2 aromatic heterocycles. The molecule has 1 aromatic carbocycles. The second kappa shape index (κ2) is 8.85. The summed E-state index contributed by atoms with van der Waals surface area (Å²) < 4.78 is 0. The van der Waals surface area contributed by atoms with Gasteiger partial charge in [0.25, 0.3) is 5.56 Å². The van der Waals surface area contributed by atoms with E-state index in [1.807, 2.05) is 25.1 Å². The molecule has 4 rings (SSSR count). The molecule has 0 amide bonds. The van der Waals surface area contributed by atoms with Crippen molar-refractivity contribution in [1.82, 2.24) is 24.8 Å². The quantitative estimate of drug-likeness (QED) is 0.657. The summed E-state index contributed by atoms with van der Waals surface area (Å²) in [5, 5.41) is 3.19. The van der Waals surface area contributed by atoms with E-state index in [1.54, 1.807) is 6.20 Å². The number of H-pyrrole nitrogens is 1. The molecule has 0 saturated carbocycles. The number of hydrogen-bond donors (Lipinski definition) is 2. The molecule has 0 spiro atoms. The monoisotopic (exact) mass is 419 g/mol. The summed E-state index contributed by atoms with van der Waals surface area (Å²) in [7, 11) is 0. The molecule has 0 aliphatic carbocycles. The number of nitrogens with one attached hydrogen (secondary N) is 2. The maximum absolute atomic E-state index is 12.3. The van der Waals surface area contributed by atoms with Crippen molar-refractivity contribution in [2.24, 2.45) is 0 Å². The van der Waals surface area contributed by atoms with Crippen LogP contribution in [-0.2, 0) is 0 Å². The molecule has 1 saturated heterocycles. The summed E-state index contributed by atoms with van der Waals surface area (Å²) in [5.41, 5.74) is 5.14. The van der Waals surface area contributed by atoms with Crippen LogP contribution in [0.4, 0.5) is 17.6 Å². The molecule has 0 unspecified atom stereocenters. The first-order valence-corrected chi connectivity index (χ1v) is 10.7. The minimum atomic E-state index is -0.226. The summed E-state index contributed by atoms with van der Waals surface area (Å²) in [5.74, 6) is 1.13. The first kappa shape index (κ1) is 21.0. The van der Waals surface area contributed by atoms with Crippen molar-refractivity contribution in [1.29, 1.82) is 0 Å². The Balaban J connectivity index is 1.58. The minimum absolute atomic E-state index is 0.226. The van der Waals surface area contributed by atoms with Crippen molar-refractivity contribution < 1.29 is 0 Å². The van der Waals surface area contributed by atoms with Crippen LogP contribution in [0.3, 0.4) is 0 Å². The van der Waals surface area contributed by atoms with Gasteiger partial charge in [-0.05, 0) is 50.6 Å². The third-order valence-corrected chi connectivity index (χ3v) is 5.86.